The van der Waals surface area contributed by atoms with Gasteiger partial charge in [0.1, 0.15) is 11.5 Å². The van der Waals surface area contributed by atoms with Gasteiger partial charge in [0.2, 0.25) is 0 Å². The van der Waals surface area contributed by atoms with Gasteiger partial charge in [-0.1, -0.05) is 5.92 Å². The van der Waals surface area contributed by atoms with Crippen LogP contribution in [0.5, 0.6) is 0 Å². The van der Waals surface area contributed by atoms with Gasteiger partial charge < -0.3 is 9.73 Å². The van der Waals surface area contributed by atoms with Gasteiger partial charge in [-0.25, -0.2) is 0 Å². The predicted octanol–water partition coefficient (Wildman–Crippen LogP) is 2.15. The van der Waals surface area contributed by atoms with Crippen LogP contribution in [0.3, 0.4) is 0 Å². The highest BCUT2D eigenvalue weighted by molar-refractivity contribution is 5.20. The van der Waals surface area contributed by atoms with Crippen molar-refractivity contribution in [3.05, 3.63) is 23.2 Å². The first-order valence-electron chi connectivity index (χ1n) is 6.61. The Balaban J connectivity index is 1.96. The third-order valence-corrected chi connectivity index (χ3v) is 3.35. The number of hydrogen-bond acceptors (Lipinski definition) is 3. The zero-order valence-electron chi connectivity index (χ0n) is 11.3. The number of nitrogens with one attached hydrogen (secondary N) is 1. The quantitative estimate of drug-likeness (QED) is 0.747. The lowest BCUT2D eigenvalue weighted by Crippen LogP contribution is -2.25. The predicted molar refractivity (Wildman–Crippen MR) is 73.0 cm³/mol. The SMILES string of the molecule is C#CCN(Cc1cc(CNC)c(C)o1)CC1CC1. The molecule has 98 valence electrons. The maximum atomic E-state index is 5.80. The summed E-state index contributed by atoms with van der Waals surface area (Å²) in [4.78, 5) is 2.30. The number of aryl methyl sites for hydroxylation is 1. The third kappa shape index (κ3) is 3.63. The second-order valence-electron chi connectivity index (χ2n) is 5.14. The Kier molecular flexibility index (Phi) is 4.46. The molecule has 18 heavy (non-hydrogen) atoms. The van der Waals surface area contributed by atoms with E-state index >= 15 is 0 Å². The number of terminal acetylenes is 1. The standard InChI is InChI=1S/C15H22N2O/c1-4-7-17(10-13-5-6-13)11-15-8-14(9-16-3)12(2)18-15/h1,8,13,16H,5-7,9-11H2,2-3H3. The van der Waals surface area contributed by atoms with Crippen LogP contribution in [0.15, 0.2) is 10.5 Å². The number of rotatable bonds is 7. The smallest absolute Gasteiger partial charge is 0.118 e. The molecule has 1 aromatic rings. The Hall–Kier alpha value is -1.24. The van der Waals surface area contributed by atoms with Gasteiger partial charge in [-0.3, -0.25) is 4.90 Å². The van der Waals surface area contributed by atoms with Crippen molar-refractivity contribution in [3.8, 4) is 12.3 Å². The van der Waals surface area contributed by atoms with Gasteiger partial charge in [0.05, 0.1) is 13.1 Å². The van der Waals surface area contributed by atoms with Crippen LogP contribution in [-0.4, -0.2) is 25.0 Å². The maximum Gasteiger partial charge on any atom is 0.118 e. The number of nitrogens with zero attached hydrogens (tertiary/aromatic N) is 1. The fourth-order valence-corrected chi connectivity index (χ4v) is 2.23. The molecule has 0 aromatic carbocycles. The molecule has 1 aliphatic carbocycles. The monoisotopic (exact) mass is 246 g/mol. The fourth-order valence-electron chi connectivity index (χ4n) is 2.23. The van der Waals surface area contributed by atoms with Gasteiger partial charge in [0, 0.05) is 18.7 Å². The molecule has 3 heteroatoms. The Labute approximate surface area is 110 Å². The van der Waals surface area contributed by atoms with E-state index in [1.807, 2.05) is 14.0 Å². The zero-order chi connectivity index (χ0) is 13.0. The molecule has 1 N–H and O–H groups in total. The maximum absolute atomic E-state index is 5.80. The summed E-state index contributed by atoms with van der Waals surface area (Å²) in [6.45, 7) is 5.50. The number of hydrogen-bond donors (Lipinski definition) is 1. The molecule has 3 nitrogen and oxygen atoms in total. The van der Waals surface area contributed by atoms with Crippen LogP contribution in [0.4, 0.5) is 0 Å². The van der Waals surface area contributed by atoms with Crippen molar-refractivity contribution in [2.45, 2.75) is 32.9 Å². The Morgan fingerprint density at radius 3 is 2.94 bits per heavy atom. The van der Waals surface area contributed by atoms with Crippen LogP contribution in [0.25, 0.3) is 0 Å². The minimum Gasteiger partial charge on any atom is -0.465 e. The van der Waals surface area contributed by atoms with Crippen molar-refractivity contribution >= 4 is 0 Å². The topological polar surface area (TPSA) is 28.4 Å². The molecule has 2 rings (SSSR count). The van der Waals surface area contributed by atoms with Crippen LogP contribution in [0.1, 0.15) is 29.9 Å². The first-order valence-corrected chi connectivity index (χ1v) is 6.61. The molecule has 0 aliphatic heterocycles. The summed E-state index contributed by atoms with van der Waals surface area (Å²) in [5, 5.41) is 3.15. The second-order valence-corrected chi connectivity index (χ2v) is 5.14. The first kappa shape index (κ1) is 13.2. The van der Waals surface area contributed by atoms with E-state index in [0.29, 0.717) is 6.54 Å². The molecule has 1 heterocycles. The van der Waals surface area contributed by atoms with E-state index in [-0.39, 0.29) is 0 Å². The average Bonchev–Trinajstić information content (AvgIpc) is 3.06. The Bertz CT molecular complexity index is 426. The minimum atomic E-state index is 0.706. The molecule has 1 aliphatic rings. The summed E-state index contributed by atoms with van der Waals surface area (Å²) in [7, 11) is 1.95. The van der Waals surface area contributed by atoms with E-state index in [0.717, 1.165) is 37.1 Å². The second kappa shape index (κ2) is 6.08. The van der Waals surface area contributed by atoms with E-state index < -0.39 is 0 Å². The van der Waals surface area contributed by atoms with Gasteiger partial charge in [0.15, 0.2) is 0 Å². The summed E-state index contributed by atoms with van der Waals surface area (Å²) < 4.78 is 5.80. The van der Waals surface area contributed by atoms with E-state index in [2.05, 4.69) is 22.2 Å². The molecule has 0 unspecified atom stereocenters. The summed E-state index contributed by atoms with van der Waals surface area (Å²) >= 11 is 0. The molecule has 0 saturated heterocycles. The van der Waals surface area contributed by atoms with Crippen LogP contribution < -0.4 is 5.32 Å². The summed E-state index contributed by atoms with van der Waals surface area (Å²) in [5.74, 6) is 5.62. The largest absolute Gasteiger partial charge is 0.465 e. The zero-order valence-corrected chi connectivity index (χ0v) is 11.3. The van der Waals surface area contributed by atoms with E-state index in [4.69, 9.17) is 10.8 Å². The Morgan fingerprint density at radius 2 is 2.33 bits per heavy atom. The van der Waals surface area contributed by atoms with Crippen molar-refractivity contribution in [1.29, 1.82) is 0 Å². The van der Waals surface area contributed by atoms with Gasteiger partial charge in [0.25, 0.3) is 0 Å². The summed E-state index contributed by atoms with van der Waals surface area (Å²) in [5.41, 5.74) is 1.24. The molecule has 1 aromatic heterocycles. The van der Waals surface area contributed by atoms with Crippen LogP contribution in [-0.2, 0) is 13.1 Å². The average molecular weight is 246 g/mol. The minimum absolute atomic E-state index is 0.706. The molecule has 0 amide bonds. The van der Waals surface area contributed by atoms with E-state index in [1.54, 1.807) is 0 Å². The fraction of sp³-hybridized carbons (Fsp3) is 0.600. The highest BCUT2D eigenvalue weighted by Gasteiger charge is 2.24. The van der Waals surface area contributed by atoms with Crippen molar-refractivity contribution in [3.63, 3.8) is 0 Å². The van der Waals surface area contributed by atoms with Crippen molar-refractivity contribution in [2.75, 3.05) is 20.1 Å². The van der Waals surface area contributed by atoms with Crippen LogP contribution in [0, 0.1) is 25.2 Å². The Morgan fingerprint density at radius 1 is 1.56 bits per heavy atom. The lowest BCUT2D eigenvalue weighted by Gasteiger charge is -2.17. The molecule has 0 radical (unpaired) electrons. The normalized spacial score (nSPS) is 15.0. The van der Waals surface area contributed by atoms with E-state index in [1.165, 1.54) is 18.4 Å². The van der Waals surface area contributed by atoms with Crippen molar-refractivity contribution in [1.82, 2.24) is 10.2 Å². The van der Waals surface area contributed by atoms with Crippen LogP contribution >= 0.6 is 0 Å². The molecule has 1 saturated carbocycles. The molecule has 0 spiro atoms. The molecule has 1 fully saturated rings. The molecular weight excluding hydrogens is 224 g/mol. The lowest BCUT2D eigenvalue weighted by molar-refractivity contribution is 0.260. The summed E-state index contributed by atoms with van der Waals surface area (Å²) in [6, 6.07) is 2.14. The lowest BCUT2D eigenvalue weighted by atomic mass is 10.2. The third-order valence-electron chi connectivity index (χ3n) is 3.35. The molecule has 0 bridgehead atoms. The highest BCUT2D eigenvalue weighted by Crippen LogP contribution is 2.30. The van der Waals surface area contributed by atoms with Gasteiger partial charge >= 0.3 is 0 Å². The molecular formula is C15H22N2O. The van der Waals surface area contributed by atoms with Crippen molar-refractivity contribution < 1.29 is 4.42 Å². The van der Waals surface area contributed by atoms with Crippen LogP contribution in [0.2, 0.25) is 0 Å². The van der Waals surface area contributed by atoms with Gasteiger partial charge in [-0.2, -0.15) is 0 Å². The molecule has 0 atom stereocenters. The van der Waals surface area contributed by atoms with Gasteiger partial charge in [-0.15, -0.1) is 6.42 Å². The summed E-state index contributed by atoms with van der Waals surface area (Å²) in [6.07, 6.45) is 8.13. The number of furan rings is 1. The van der Waals surface area contributed by atoms with Crippen molar-refractivity contribution in [2.24, 2.45) is 5.92 Å². The van der Waals surface area contributed by atoms with E-state index in [9.17, 15) is 0 Å². The van der Waals surface area contributed by atoms with Gasteiger partial charge in [-0.05, 0) is 38.8 Å². The highest BCUT2D eigenvalue weighted by atomic mass is 16.3. The first-order chi connectivity index (χ1) is 8.72.